The largest absolute Gasteiger partial charge is 0.472 e. The van der Waals surface area contributed by atoms with E-state index in [1.54, 1.807) is 0 Å². The standard InChI is InChI=1S/C57H96NO8P/c1-3-5-7-9-11-13-15-17-19-21-23-24-25-26-27-28-29-30-32-33-35-37-39-41-43-45-47-49-56(59)63-53-55(54-65-67(61,62)64-52-51-58)66-57(60)50-48-46-44-42-40-38-36-34-31-22-20-18-16-14-12-10-8-6-4-2/h5-8,11-14,17-20,23-24,31,34,38,40,55H,3-4,9-10,15-16,21-22,25-30,32-33,35-37,39,41-54,58H2,1-2H3,(H,61,62)/b7-5-,8-6-,13-11-,14-12-,19-17-,20-18-,24-23-,34-31-,40-38-. The molecule has 0 spiro atoms. The Balaban J connectivity index is 4.06. The van der Waals surface area contributed by atoms with E-state index in [-0.39, 0.29) is 32.6 Å². The Hall–Kier alpha value is -3.33. The highest BCUT2D eigenvalue weighted by Gasteiger charge is 2.26. The molecule has 0 radical (unpaired) electrons. The topological polar surface area (TPSA) is 134 Å². The van der Waals surface area contributed by atoms with Crippen LogP contribution < -0.4 is 5.73 Å². The maximum absolute atomic E-state index is 12.6. The summed E-state index contributed by atoms with van der Waals surface area (Å²) in [6, 6.07) is 0. The summed E-state index contributed by atoms with van der Waals surface area (Å²) in [5.74, 6) is -0.872. The molecule has 67 heavy (non-hydrogen) atoms. The lowest BCUT2D eigenvalue weighted by Crippen LogP contribution is -2.29. The van der Waals surface area contributed by atoms with Crippen LogP contribution in [0.4, 0.5) is 0 Å². The van der Waals surface area contributed by atoms with Crippen LogP contribution in [0.15, 0.2) is 109 Å². The minimum atomic E-state index is -4.40. The number of phosphoric ester groups is 1. The molecular formula is C57H96NO8P. The number of unbranched alkanes of at least 4 members (excludes halogenated alkanes) is 17. The molecule has 0 amide bonds. The van der Waals surface area contributed by atoms with Gasteiger partial charge >= 0.3 is 19.8 Å². The zero-order valence-corrected chi connectivity index (χ0v) is 43.2. The molecule has 10 heteroatoms. The quantitative estimate of drug-likeness (QED) is 0.0264. The summed E-state index contributed by atoms with van der Waals surface area (Å²) in [5, 5.41) is 0. The number of hydrogen-bond acceptors (Lipinski definition) is 8. The van der Waals surface area contributed by atoms with Crippen molar-refractivity contribution in [3.8, 4) is 0 Å². The van der Waals surface area contributed by atoms with E-state index in [9.17, 15) is 19.0 Å². The molecule has 2 atom stereocenters. The minimum Gasteiger partial charge on any atom is -0.462 e. The lowest BCUT2D eigenvalue weighted by molar-refractivity contribution is -0.161. The Morgan fingerprint density at radius 1 is 0.448 bits per heavy atom. The SMILES string of the molecule is CC/C=C\C/C=C\C/C=C\C/C=C\C/C=C\CCCCCC(=O)OC(COC(=O)CCCCCCCCCCCCCCCC/C=C\C/C=C\C/C=C\C/C=C\CC)COP(=O)(O)OCCN. The average molecular weight is 954 g/mol. The second-order valence-corrected chi connectivity index (χ2v) is 18.4. The first kappa shape index (κ1) is 63.7. The van der Waals surface area contributed by atoms with Gasteiger partial charge in [-0.15, -0.1) is 0 Å². The molecule has 0 saturated carbocycles. The number of ether oxygens (including phenoxy) is 2. The van der Waals surface area contributed by atoms with E-state index in [1.165, 1.54) is 77.0 Å². The van der Waals surface area contributed by atoms with Gasteiger partial charge in [0.15, 0.2) is 6.10 Å². The van der Waals surface area contributed by atoms with E-state index in [1.807, 2.05) is 0 Å². The molecular weight excluding hydrogens is 858 g/mol. The lowest BCUT2D eigenvalue weighted by Gasteiger charge is -2.19. The molecule has 0 aromatic heterocycles. The lowest BCUT2D eigenvalue weighted by atomic mass is 10.0. The molecule has 382 valence electrons. The van der Waals surface area contributed by atoms with Crippen molar-refractivity contribution >= 4 is 19.8 Å². The first-order chi connectivity index (χ1) is 32.8. The fourth-order valence-corrected chi connectivity index (χ4v) is 7.59. The molecule has 0 aliphatic carbocycles. The summed E-state index contributed by atoms with van der Waals surface area (Å²) in [7, 11) is -4.40. The molecule has 0 aromatic carbocycles. The van der Waals surface area contributed by atoms with Crippen molar-refractivity contribution in [2.45, 2.75) is 213 Å². The molecule has 3 N–H and O–H groups in total. The highest BCUT2D eigenvalue weighted by Crippen LogP contribution is 2.43. The van der Waals surface area contributed by atoms with Gasteiger partial charge in [0, 0.05) is 19.4 Å². The third kappa shape index (κ3) is 51.9. The number of allylic oxidation sites excluding steroid dienone is 18. The molecule has 0 aromatic rings. The molecule has 0 aliphatic heterocycles. The summed E-state index contributed by atoms with van der Waals surface area (Å²) in [4.78, 5) is 35.1. The smallest absolute Gasteiger partial charge is 0.462 e. The summed E-state index contributed by atoms with van der Waals surface area (Å²) in [5.41, 5.74) is 5.37. The van der Waals surface area contributed by atoms with Gasteiger partial charge in [-0.2, -0.15) is 0 Å². The molecule has 0 aliphatic rings. The van der Waals surface area contributed by atoms with Crippen molar-refractivity contribution in [3.63, 3.8) is 0 Å². The first-order valence-corrected chi connectivity index (χ1v) is 27.9. The van der Waals surface area contributed by atoms with Gasteiger partial charge in [0.05, 0.1) is 13.2 Å². The summed E-state index contributed by atoms with van der Waals surface area (Å²) in [6.07, 6.45) is 69.9. The Labute approximate surface area is 409 Å². The predicted octanol–water partition coefficient (Wildman–Crippen LogP) is 16.3. The Bertz CT molecular complexity index is 1460. The summed E-state index contributed by atoms with van der Waals surface area (Å²) >= 11 is 0. The van der Waals surface area contributed by atoms with Crippen LogP contribution in [0, 0.1) is 0 Å². The zero-order chi connectivity index (χ0) is 48.8. The van der Waals surface area contributed by atoms with Crippen LogP contribution in [0.3, 0.4) is 0 Å². The van der Waals surface area contributed by atoms with Gasteiger partial charge in [-0.1, -0.05) is 207 Å². The second-order valence-electron chi connectivity index (χ2n) is 17.0. The molecule has 0 rings (SSSR count). The number of esters is 2. The molecule has 0 heterocycles. The maximum Gasteiger partial charge on any atom is 0.472 e. The second kappa shape index (κ2) is 52.0. The number of nitrogens with two attached hydrogens (primary N) is 1. The van der Waals surface area contributed by atoms with E-state index in [4.69, 9.17) is 24.3 Å². The maximum atomic E-state index is 12.6. The number of carbonyl (C=O) groups excluding carboxylic acids is 2. The fraction of sp³-hybridized carbons (Fsp3) is 0.649. The van der Waals surface area contributed by atoms with E-state index in [0.29, 0.717) is 6.42 Å². The van der Waals surface area contributed by atoms with Crippen LogP contribution in [-0.4, -0.2) is 49.3 Å². The third-order valence-corrected chi connectivity index (χ3v) is 11.6. The number of hydrogen-bond donors (Lipinski definition) is 2. The van der Waals surface area contributed by atoms with Gasteiger partial charge in [0.25, 0.3) is 0 Å². The molecule has 0 bridgehead atoms. The van der Waals surface area contributed by atoms with Crippen LogP contribution in [0.5, 0.6) is 0 Å². The first-order valence-electron chi connectivity index (χ1n) is 26.4. The van der Waals surface area contributed by atoms with Crippen molar-refractivity contribution in [3.05, 3.63) is 109 Å². The zero-order valence-electron chi connectivity index (χ0n) is 42.3. The molecule has 2 unspecified atom stereocenters. The van der Waals surface area contributed by atoms with Crippen molar-refractivity contribution in [1.82, 2.24) is 0 Å². The predicted molar refractivity (Wildman–Crippen MR) is 284 cm³/mol. The Kier molecular flexibility index (Phi) is 49.5. The van der Waals surface area contributed by atoms with Gasteiger partial charge in [-0.3, -0.25) is 18.6 Å². The minimum absolute atomic E-state index is 0.0423. The number of carbonyl (C=O) groups is 2. The molecule has 9 nitrogen and oxygen atoms in total. The van der Waals surface area contributed by atoms with Crippen LogP contribution in [-0.2, 0) is 32.7 Å². The highest BCUT2D eigenvalue weighted by atomic mass is 31.2. The van der Waals surface area contributed by atoms with Gasteiger partial charge < -0.3 is 20.1 Å². The Morgan fingerprint density at radius 3 is 1.16 bits per heavy atom. The summed E-state index contributed by atoms with van der Waals surface area (Å²) in [6.45, 7) is 3.47. The van der Waals surface area contributed by atoms with Crippen molar-refractivity contribution in [2.24, 2.45) is 5.73 Å². The molecule has 0 saturated heterocycles. The fourth-order valence-electron chi connectivity index (χ4n) is 6.83. The third-order valence-electron chi connectivity index (χ3n) is 10.7. The van der Waals surface area contributed by atoms with E-state index in [2.05, 4.69) is 123 Å². The van der Waals surface area contributed by atoms with Crippen LogP contribution >= 0.6 is 7.82 Å². The Morgan fingerprint density at radius 2 is 0.776 bits per heavy atom. The van der Waals surface area contributed by atoms with Gasteiger partial charge in [0.2, 0.25) is 0 Å². The number of phosphoric acid groups is 1. The normalized spacial score (nSPS) is 14.0. The van der Waals surface area contributed by atoms with Crippen LogP contribution in [0.1, 0.15) is 206 Å². The van der Waals surface area contributed by atoms with Gasteiger partial charge in [0.1, 0.15) is 6.61 Å². The summed E-state index contributed by atoms with van der Waals surface area (Å²) < 4.78 is 32.9. The van der Waals surface area contributed by atoms with Gasteiger partial charge in [-0.05, 0) is 96.3 Å². The van der Waals surface area contributed by atoms with Crippen molar-refractivity contribution in [1.29, 1.82) is 0 Å². The van der Waals surface area contributed by atoms with Crippen molar-refractivity contribution < 1.29 is 37.6 Å². The van der Waals surface area contributed by atoms with E-state index < -0.39 is 32.5 Å². The monoisotopic (exact) mass is 954 g/mol. The van der Waals surface area contributed by atoms with Crippen LogP contribution in [0.2, 0.25) is 0 Å². The van der Waals surface area contributed by atoms with Gasteiger partial charge in [-0.25, -0.2) is 4.57 Å². The average Bonchev–Trinajstić information content (AvgIpc) is 3.32. The van der Waals surface area contributed by atoms with E-state index >= 15 is 0 Å². The van der Waals surface area contributed by atoms with Crippen molar-refractivity contribution in [2.75, 3.05) is 26.4 Å². The van der Waals surface area contributed by atoms with Crippen LogP contribution in [0.25, 0.3) is 0 Å². The van der Waals surface area contributed by atoms with E-state index in [0.717, 1.165) is 96.3 Å². The molecule has 0 fully saturated rings. The highest BCUT2D eigenvalue weighted by molar-refractivity contribution is 7.47. The number of rotatable bonds is 48.